The van der Waals surface area contributed by atoms with Gasteiger partial charge in [-0.15, -0.1) is 0 Å². The molecule has 0 saturated carbocycles. The maximum atomic E-state index is 6.19. The first kappa shape index (κ1) is 15.6. The number of rotatable bonds is 5. The van der Waals surface area contributed by atoms with Crippen LogP contribution < -0.4 is 15.2 Å². The number of nitrogens with zero attached hydrogens (tertiary/aromatic N) is 2. The van der Waals surface area contributed by atoms with Gasteiger partial charge in [0, 0.05) is 12.6 Å². The molecule has 5 nitrogen and oxygen atoms in total. The Morgan fingerprint density at radius 3 is 2.67 bits per heavy atom. The van der Waals surface area contributed by atoms with E-state index in [2.05, 4.69) is 5.10 Å². The van der Waals surface area contributed by atoms with Crippen molar-refractivity contribution in [2.75, 3.05) is 7.11 Å². The zero-order valence-electron chi connectivity index (χ0n) is 12.0. The van der Waals surface area contributed by atoms with E-state index in [0.29, 0.717) is 28.1 Å². The third-order valence-corrected chi connectivity index (χ3v) is 3.80. The average Bonchev–Trinajstić information content (AvgIpc) is 2.70. The number of ether oxygens (including phenoxy) is 2. The van der Waals surface area contributed by atoms with E-state index < -0.39 is 0 Å². The normalized spacial score (nSPS) is 10.5. The third kappa shape index (κ3) is 3.28. The predicted molar refractivity (Wildman–Crippen MR) is 86.2 cm³/mol. The second-order valence-electron chi connectivity index (χ2n) is 4.49. The monoisotopic (exact) mass is 325 g/mol. The van der Waals surface area contributed by atoms with Gasteiger partial charge in [0.1, 0.15) is 11.6 Å². The molecule has 1 heterocycles. The van der Waals surface area contributed by atoms with E-state index in [1.165, 1.54) is 0 Å². The fraction of sp³-hybridized carbons (Fsp3) is 0.286. The first-order chi connectivity index (χ1) is 9.93. The highest BCUT2D eigenvalue weighted by Gasteiger charge is 2.13. The molecule has 0 fully saturated rings. The molecule has 1 aromatic carbocycles. The van der Waals surface area contributed by atoms with Crippen molar-refractivity contribution in [3.05, 3.63) is 40.2 Å². The Morgan fingerprint density at radius 1 is 1.43 bits per heavy atom. The molecule has 0 amide bonds. The lowest BCUT2D eigenvalue weighted by Gasteiger charge is -2.12. The summed E-state index contributed by atoms with van der Waals surface area (Å²) in [6.07, 6.45) is 0. The predicted octanol–water partition coefficient (Wildman–Crippen LogP) is 2.60. The van der Waals surface area contributed by atoms with Gasteiger partial charge < -0.3 is 15.2 Å². The van der Waals surface area contributed by atoms with Gasteiger partial charge in [-0.05, 0) is 25.1 Å². The van der Waals surface area contributed by atoms with Crippen molar-refractivity contribution < 1.29 is 9.47 Å². The van der Waals surface area contributed by atoms with Crippen LogP contribution in [0.4, 0.5) is 0 Å². The van der Waals surface area contributed by atoms with E-state index in [1.807, 2.05) is 14.0 Å². The summed E-state index contributed by atoms with van der Waals surface area (Å²) in [5, 5.41) is 4.85. The molecule has 0 aliphatic rings. The van der Waals surface area contributed by atoms with Crippen LogP contribution in [0.3, 0.4) is 0 Å². The Kier molecular flexibility index (Phi) is 4.69. The standard InChI is InChI=1S/C14H16ClN3O2S/c1-8-13(15)10(18(2)17-8)7-20-11-5-4-9(14(16)21)6-12(11)19-3/h4-6H,7H2,1-3H3,(H2,16,21). The van der Waals surface area contributed by atoms with Crippen molar-refractivity contribution in [2.45, 2.75) is 13.5 Å². The number of hydrogen-bond acceptors (Lipinski definition) is 4. The van der Waals surface area contributed by atoms with Crippen molar-refractivity contribution in [1.29, 1.82) is 0 Å². The molecule has 21 heavy (non-hydrogen) atoms. The minimum atomic E-state index is 0.291. The summed E-state index contributed by atoms with van der Waals surface area (Å²) in [7, 11) is 3.39. The summed E-state index contributed by atoms with van der Waals surface area (Å²) >= 11 is 11.1. The van der Waals surface area contributed by atoms with E-state index in [-0.39, 0.29) is 0 Å². The van der Waals surface area contributed by atoms with Crippen molar-refractivity contribution in [1.82, 2.24) is 9.78 Å². The number of hydrogen-bond donors (Lipinski definition) is 1. The highest BCUT2D eigenvalue weighted by atomic mass is 35.5. The number of halogens is 1. The summed E-state index contributed by atoms with van der Waals surface area (Å²) in [6.45, 7) is 2.14. The quantitative estimate of drug-likeness (QED) is 0.856. The molecule has 0 spiro atoms. The molecule has 0 bridgehead atoms. The molecule has 7 heteroatoms. The zero-order chi connectivity index (χ0) is 15.6. The number of aryl methyl sites for hydroxylation is 2. The lowest BCUT2D eigenvalue weighted by Crippen LogP contribution is -2.10. The number of thiocarbonyl (C=S) groups is 1. The molecule has 0 saturated heterocycles. The molecule has 2 N–H and O–H groups in total. The Morgan fingerprint density at radius 2 is 2.14 bits per heavy atom. The van der Waals surface area contributed by atoms with Crippen LogP contribution in [0.5, 0.6) is 11.5 Å². The molecule has 0 aliphatic heterocycles. The molecular weight excluding hydrogens is 310 g/mol. The largest absolute Gasteiger partial charge is 0.493 e. The van der Waals surface area contributed by atoms with E-state index >= 15 is 0 Å². The van der Waals surface area contributed by atoms with Gasteiger partial charge in [-0.25, -0.2) is 0 Å². The average molecular weight is 326 g/mol. The minimum Gasteiger partial charge on any atom is -0.493 e. The molecule has 2 rings (SSSR count). The van der Waals surface area contributed by atoms with Gasteiger partial charge in [0.25, 0.3) is 0 Å². The minimum absolute atomic E-state index is 0.291. The van der Waals surface area contributed by atoms with Crippen LogP contribution in [0.15, 0.2) is 18.2 Å². The fourth-order valence-corrected chi connectivity index (χ4v) is 2.26. The number of nitrogens with two attached hydrogens (primary N) is 1. The molecule has 1 aromatic heterocycles. The van der Waals surface area contributed by atoms with Crippen LogP contribution >= 0.6 is 23.8 Å². The van der Waals surface area contributed by atoms with Gasteiger partial charge in [-0.1, -0.05) is 23.8 Å². The smallest absolute Gasteiger partial charge is 0.161 e. The maximum Gasteiger partial charge on any atom is 0.161 e. The SMILES string of the molecule is COc1cc(C(N)=S)ccc1OCc1c(Cl)c(C)nn1C. The highest BCUT2D eigenvalue weighted by molar-refractivity contribution is 7.80. The molecule has 0 radical (unpaired) electrons. The van der Waals surface area contributed by atoms with Crippen molar-refractivity contribution in [3.63, 3.8) is 0 Å². The molecule has 112 valence electrons. The first-order valence-electron chi connectivity index (χ1n) is 6.22. The maximum absolute atomic E-state index is 6.19. The van der Waals surface area contributed by atoms with Crippen LogP contribution in [0, 0.1) is 6.92 Å². The van der Waals surface area contributed by atoms with E-state index in [9.17, 15) is 0 Å². The van der Waals surface area contributed by atoms with Gasteiger partial charge in [-0.2, -0.15) is 5.10 Å². The Labute approximate surface area is 133 Å². The fourth-order valence-electron chi connectivity index (χ4n) is 1.92. The Hall–Kier alpha value is -1.79. The second kappa shape index (κ2) is 6.32. The van der Waals surface area contributed by atoms with Crippen molar-refractivity contribution in [3.8, 4) is 11.5 Å². The Bertz CT molecular complexity index is 685. The van der Waals surface area contributed by atoms with Gasteiger partial charge in [0.2, 0.25) is 0 Å². The van der Waals surface area contributed by atoms with Crippen LogP contribution in [-0.2, 0) is 13.7 Å². The summed E-state index contributed by atoms with van der Waals surface area (Å²) in [4.78, 5) is 0.310. The van der Waals surface area contributed by atoms with Crippen LogP contribution in [0.2, 0.25) is 5.02 Å². The summed E-state index contributed by atoms with van der Waals surface area (Å²) in [5.41, 5.74) is 7.90. The van der Waals surface area contributed by atoms with Gasteiger partial charge in [-0.3, -0.25) is 4.68 Å². The molecule has 2 aromatic rings. The lowest BCUT2D eigenvalue weighted by atomic mass is 10.2. The van der Waals surface area contributed by atoms with Crippen LogP contribution in [0.1, 0.15) is 17.0 Å². The third-order valence-electron chi connectivity index (χ3n) is 3.07. The molecular formula is C14H16ClN3O2S. The van der Waals surface area contributed by atoms with Crippen LogP contribution in [0.25, 0.3) is 0 Å². The molecule has 0 atom stereocenters. The van der Waals surface area contributed by atoms with Gasteiger partial charge >= 0.3 is 0 Å². The number of benzene rings is 1. The summed E-state index contributed by atoms with van der Waals surface area (Å²) < 4.78 is 12.8. The lowest BCUT2D eigenvalue weighted by molar-refractivity contribution is 0.276. The highest BCUT2D eigenvalue weighted by Crippen LogP contribution is 2.30. The van der Waals surface area contributed by atoms with Gasteiger partial charge in [0.05, 0.1) is 23.5 Å². The van der Waals surface area contributed by atoms with E-state index in [4.69, 9.17) is 39.0 Å². The molecule has 0 aliphatic carbocycles. The zero-order valence-corrected chi connectivity index (χ0v) is 13.6. The van der Waals surface area contributed by atoms with Crippen LogP contribution in [-0.4, -0.2) is 21.9 Å². The first-order valence-corrected chi connectivity index (χ1v) is 7.01. The molecule has 0 unspecified atom stereocenters. The van der Waals surface area contributed by atoms with E-state index in [1.54, 1.807) is 30.0 Å². The van der Waals surface area contributed by atoms with Crippen molar-refractivity contribution in [2.24, 2.45) is 12.8 Å². The number of methoxy groups -OCH3 is 1. The van der Waals surface area contributed by atoms with Crippen molar-refractivity contribution >= 4 is 28.8 Å². The van der Waals surface area contributed by atoms with Gasteiger partial charge in [0.15, 0.2) is 11.5 Å². The summed E-state index contributed by atoms with van der Waals surface area (Å²) in [6, 6.07) is 5.30. The topological polar surface area (TPSA) is 62.3 Å². The number of aromatic nitrogens is 2. The van der Waals surface area contributed by atoms with E-state index in [0.717, 1.165) is 17.0 Å². The second-order valence-corrected chi connectivity index (χ2v) is 5.31. The summed E-state index contributed by atoms with van der Waals surface area (Å²) in [5.74, 6) is 1.16. The Balaban J connectivity index is 2.22.